The van der Waals surface area contributed by atoms with Gasteiger partial charge in [0.2, 0.25) is 0 Å². The summed E-state index contributed by atoms with van der Waals surface area (Å²) in [6, 6.07) is 8.25. The molecule has 0 bridgehead atoms. The van der Waals surface area contributed by atoms with E-state index in [1.807, 2.05) is 6.07 Å². The minimum absolute atomic E-state index is 0.188. The van der Waals surface area contributed by atoms with Gasteiger partial charge in [-0.2, -0.15) is 0 Å². The summed E-state index contributed by atoms with van der Waals surface area (Å²) >= 11 is 0. The number of nitrogens with one attached hydrogen (secondary N) is 1. The molecule has 0 unspecified atom stereocenters. The molecule has 120 valence electrons. The Hall–Kier alpha value is -2.17. The smallest absolute Gasteiger partial charge is 0.142 e. The number of aromatic amines is 1. The number of H-pyrrole nitrogens is 1. The number of nitrogens with zero attached hydrogens (tertiary/aromatic N) is 3. The number of pyridine rings is 2. The second-order valence-electron chi connectivity index (χ2n) is 6.35. The first kappa shape index (κ1) is 14.4. The van der Waals surface area contributed by atoms with Gasteiger partial charge in [-0.3, -0.25) is 4.39 Å². The van der Waals surface area contributed by atoms with Crippen LogP contribution >= 0.6 is 0 Å². The zero-order chi connectivity index (χ0) is 15.6. The van der Waals surface area contributed by atoms with Gasteiger partial charge in [0.15, 0.2) is 0 Å². The highest BCUT2D eigenvalue weighted by Gasteiger charge is 2.20. The van der Waals surface area contributed by atoms with Gasteiger partial charge in [0, 0.05) is 30.1 Å². The van der Waals surface area contributed by atoms with Crippen LogP contribution in [-0.2, 0) is 0 Å². The summed E-state index contributed by atoms with van der Waals surface area (Å²) in [5.74, 6) is 1.69. The predicted octanol–water partition coefficient (Wildman–Crippen LogP) is 4.08. The van der Waals surface area contributed by atoms with E-state index in [9.17, 15) is 4.39 Å². The van der Waals surface area contributed by atoms with Gasteiger partial charge in [0.05, 0.1) is 6.67 Å². The number of fused-ring (bicyclic) bond motifs is 3. The quantitative estimate of drug-likeness (QED) is 0.789. The highest BCUT2D eigenvalue weighted by Crippen LogP contribution is 2.28. The molecule has 4 rings (SSSR count). The van der Waals surface area contributed by atoms with Gasteiger partial charge in [-0.25, -0.2) is 9.97 Å². The lowest BCUT2D eigenvalue weighted by Crippen LogP contribution is -2.34. The maximum absolute atomic E-state index is 12.3. The Bertz CT molecular complexity index is 805. The number of hydrogen-bond donors (Lipinski definition) is 1. The summed E-state index contributed by atoms with van der Waals surface area (Å²) in [7, 11) is 0. The van der Waals surface area contributed by atoms with Crippen LogP contribution in [0.3, 0.4) is 0 Å². The van der Waals surface area contributed by atoms with Gasteiger partial charge >= 0.3 is 0 Å². The van der Waals surface area contributed by atoms with Crippen LogP contribution < -0.4 is 4.90 Å². The largest absolute Gasteiger partial charge is 0.357 e. The van der Waals surface area contributed by atoms with E-state index in [-0.39, 0.29) is 6.67 Å². The fourth-order valence-electron chi connectivity index (χ4n) is 3.59. The van der Waals surface area contributed by atoms with Crippen LogP contribution in [0, 0.1) is 5.92 Å². The molecule has 0 saturated carbocycles. The maximum atomic E-state index is 12.3. The molecule has 3 aromatic heterocycles. The third-order valence-corrected chi connectivity index (χ3v) is 4.90. The monoisotopic (exact) mass is 312 g/mol. The number of hydrogen-bond acceptors (Lipinski definition) is 3. The second-order valence-corrected chi connectivity index (χ2v) is 6.35. The molecule has 0 aliphatic carbocycles. The topological polar surface area (TPSA) is 44.8 Å². The van der Waals surface area contributed by atoms with Crippen molar-refractivity contribution in [2.45, 2.75) is 25.7 Å². The third kappa shape index (κ3) is 2.76. The van der Waals surface area contributed by atoms with Crippen molar-refractivity contribution >= 4 is 27.9 Å². The van der Waals surface area contributed by atoms with E-state index in [0.717, 1.165) is 60.2 Å². The fraction of sp³-hybridized carbons (Fsp3) is 0.444. The molecule has 5 heteroatoms. The summed E-state index contributed by atoms with van der Waals surface area (Å²) in [5.41, 5.74) is 1.79. The van der Waals surface area contributed by atoms with E-state index in [1.165, 1.54) is 0 Å². The summed E-state index contributed by atoms with van der Waals surface area (Å²) < 4.78 is 12.3. The highest BCUT2D eigenvalue weighted by molar-refractivity contribution is 6.04. The normalized spacial score (nSPS) is 16.5. The Morgan fingerprint density at radius 3 is 2.78 bits per heavy atom. The van der Waals surface area contributed by atoms with Crippen molar-refractivity contribution in [1.82, 2.24) is 15.0 Å². The SMILES string of the molecule is FCCCC1CCN(c2ccc3c(n2)[nH]c2ncccc23)CC1. The number of alkyl halides is 1. The van der Waals surface area contributed by atoms with E-state index in [2.05, 4.69) is 33.1 Å². The first-order chi connectivity index (χ1) is 11.3. The first-order valence-corrected chi connectivity index (χ1v) is 8.39. The van der Waals surface area contributed by atoms with Crippen molar-refractivity contribution in [1.29, 1.82) is 0 Å². The third-order valence-electron chi connectivity index (χ3n) is 4.90. The van der Waals surface area contributed by atoms with Crippen LogP contribution in [0.15, 0.2) is 30.5 Å². The molecule has 1 aliphatic rings. The molecule has 0 radical (unpaired) electrons. The molecule has 0 amide bonds. The van der Waals surface area contributed by atoms with Crippen LogP contribution in [0.5, 0.6) is 0 Å². The molecular formula is C18H21FN4. The zero-order valence-electron chi connectivity index (χ0n) is 13.1. The molecule has 4 nitrogen and oxygen atoms in total. The molecule has 3 aromatic rings. The van der Waals surface area contributed by atoms with Gasteiger partial charge in [-0.05, 0) is 55.9 Å². The Morgan fingerprint density at radius 1 is 1.13 bits per heavy atom. The molecule has 1 N–H and O–H groups in total. The van der Waals surface area contributed by atoms with Gasteiger partial charge in [-0.1, -0.05) is 0 Å². The average Bonchev–Trinajstić information content (AvgIpc) is 2.98. The number of anilines is 1. The molecule has 1 fully saturated rings. The number of aromatic nitrogens is 3. The minimum Gasteiger partial charge on any atom is -0.357 e. The van der Waals surface area contributed by atoms with Crippen LogP contribution in [0.2, 0.25) is 0 Å². The van der Waals surface area contributed by atoms with Crippen LogP contribution in [0.4, 0.5) is 10.2 Å². The van der Waals surface area contributed by atoms with Gasteiger partial charge < -0.3 is 9.88 Å². The number of piperidine rings is 1. The van der Waals surface area contributed by atoms with Crippen molar-refractivity contribution in [2.75, 3.05) is 24.7 Å². The second kappa shape index (κ2) is 6.14. The zero-order valence-corrected chi connectivity index (χ0v) is 13.1. The molecule has 0 aromatic carbocycles. The molecule has 0 spiro atoms. The molecular weight excluding hydrogens is 291 g/mol. The molecule has 23 heavy (non-hydrogen) atoms. The van der Waals surface area contributed by atoms with Crippen molar-refractivity contribution in [3.05, 3.63) is 30.5 Å². The molecule has 4 heterocycles. The summed E-state index contributed by atoms with van der Waals surface area (Å²) in [6.45, 7) is 1.83. The van der Waals surface area contributed by atoms with E-state index in [0.29, 0.717) is 12.3 Å². The van der Waals surface area contributed by atoms with Gasteiger partial charge in [0.1, 0.15) is 17.1 Å². The Kier molecular flexibility index (Phi) is 3.85. The van der Waals surface area contributed by atoms with E-state index >= 15 is 0 Å². The lowest BCUT2D eigenvalue weighted by molar-refractivity contribution is 0.346. The Morgan fingerprint density at radius 2 is 1.96 bits per heavy atom. The summed E-state index contributed by atoms with van der Waals surface area (Å²) in [6.07, 6.45) is 5.78. The van der Waals surface area contributed by atoms with Gasteiger partial charge in [-0.15, -0.1) is 0 Å². The minimum atomic E-state index is -0.188. The number of halogens is 1. The Balaban J connectivity index is 1.54. The summed E-state index contributed by atoms with van der Waals surface area (Å²) in [5, 5.41) is 2.24. The summed E-state index contributed by atoms with van der Waals surface area (Å²) in [4.78, 5) is 14.8. The van der Waals surface area contributed by atoms with E-state index in [4.69, 9.17) is 4.98 Å². The molecule has 1 saturated heterocycles. The van der Waals surface area contributed by atoms with E-state index in [1.54, 1.807) is 6.20 Å². The van der Waals surface area contributed by atoms with Crippen LogP contribution in [0.25, 0.3) is 22.1 Å². The highest BCUT2D eigenvalue weighted by atomic mass is 19.1. The standard InChI is InChI=1S/C18H21FN4/c19-9-1-3-13-7-11-23(12-8-13)16-6-5-15-14-4-2-10-20-17(14)22-18(15)21-16/h2,4-6,10,13H,1,3,7-9,11-12H2,(H,20,21,22). The average molecular weight is 312 g/mol. The van der Waals surface area contributed by atoms with Crippen molar-refractivity contribution < 1.29 is 4.39 Å². The fourth-order valence-corrected chi connectivity index (χ4v) is 3.59. The van der Waals surface area contributed by atoms with Crippen LogP contribution in [0.1, 0.15) is 25.7 Å². The first-order valence-electron chi connectivity index (χ1n) is 8.39. The number of rotatable bonds is 4. The van der Waals surface area contributed by atoms with Crippen molar-refractivity contribution in [2.24, 2.45) is 5.92 Å². The molecule has 0 atom stereocenters. The maximum Gasteiger partial charge on any atom is 0.142 e. The molecule has 1 aliphatic heterocycles. The lowest BCUT2D eigenvalue weighted by atomic mass is 9.92. The van der Waals surface area contributed by atoms with Crippen LogP contribution in [-0.4, -0.2) is 34.7 Å². The predicted molar refractivity (Wildman–Crippen MR) is 91.5 cm³/mol. The lowest BCUT2D eigenvalue weighted by Gasteiger charge is -2.32. The van der Waals surface area contributed by atoms with Crippen molar-refractivity contribution in [3.63, 3.8) is 0 Å². The Labute approximate surface area is 134 Å². The van der Waals surface area contributed by atoms with Gasteiger partial charge in [0.25, 0.3) is 0 Å². The van der Waals surface area contributed by atoms with Crippen molar-refractivity contribution in [3.8, 4) is 0 Å². The van der Waals surface area contributed by atoms with E-state index < -0.39 is 0 Å².